The normalized spacial score (nSPS) is 15.8. The van der Waals surface area contributed by atoms with Crippen LogP contribution < -0.4 is 5.32 Å². The van der Waals surface area contributed by atoms with Crippen molar-refractivity contribution in [2.24, 2.45) is 0 Å². The maximum atomic E-state index is 13.0. The number of hydrogen-bond donors (Lipinski definition) is 1. The molecule has 0 bridgehead atoms. The highest BCUT2D eigenvalue weighted by atomic mass is 35.5. The van der Waals surface area contributed by atoms with Gasteiger partial charge < -0.3 is 10.1 Å². The number of hydrogen-bond acceptors (Lipinski definition) is 3. The van der Waals surface area contributed by atoms with Gasteiger partial charge in [-0.25, -0.2) is 4.39 Å². The Morgan fingerprint density at radius 1 is 0.933 bits per heavy atom. The summed E-state index contributed by atoms with van der Waals surface area (Å²) in [6, 6.07) is 20.6. The Kier molecular flexibility index (Phi) is 30.4. The Morgan fingerprint density at radius 3 is 1.76 bits per heavy atom. The van der Waals surface area contributed by atoms with Crippen LogP contribution in [0.1, 0.15) is 138 Å². The summed E-state index contributed by atoms with van der Waals surface area (Å²) in [5, 5.41) is 12.3. The monoisotopic (exact) mass is 640 g/mol. The lowest BCUT2D eigenvalue weighted by Gasteiger charge is -2.29. The van der Waals surface area contributed by atoms with Gasteiger partial charge in [0, 0.05) is 16.8 Å². The number of allylic oxidation sites excluding steroid dienone is 4. The van der Waals surface area contributed by atoms with E-state index in [1.165, 1.54) is 68.9 Å². The third-order valence-electron chi connectivity index (χ3n) is 6.57. The van der Waals surface area contributed by atoms with E-state index in [1.54, 1.807) is 13.0 Å². The van der Waals surface area contributed by atoms with Gasteiger partial charge in [0.2, 0.25) is 0 Å². The summed E-state index contributed by atoms with van der Waals surface area (Å²) in [5.74, 6) is 1.28. The smallest absolute Gasteiger partial charge is 0.126 e. The van der Waals surface area contributed by atoms with E-state index in [2.05, 4.69) is 89.3 Å². The predicted octanol–water partition coefficient (Wildman–Crippen LogP) is 13.1. The molecule has 3 unspecified atom stereocenters. The highest BCUT2D eigenvalue weighted by molar-refractivity contribution is 6.30. The highest BCUT2D eigenvalue weighted by Gasteiger charge is 2.22. The summed E-state index contributed by atoms with van der Waals surface area (Å²) in [7, 11) is 0. The van der Waals surface area contributed by atoms with Gasteiger partial charge in [-0.2, -0.15) is 5.26 Å². The summed E-state index contributed by atoms with van der Waals surface area (Å²) >= 11 is 5.76. The van der Waals surface area contributed by atoms with Gasteiger partial charge in [-0.15, -0.1) is 0 Å². The molecule has 1 N–H and O–H groups in total. The molecule has 0 saturated carbocycles. The standard InChI is InChI=1S/C11H13FN2.C10H13Cl.C10H14.C4H10.C3H6O.C2H6/c1-9(5-7-13)14-11(2)6-3-4-10(12)8-11;1-3-8(2)9-4-6-10(11)7-5-9;1-3-9(2)10-7-5-4-6-8-10;1-3-4-2;1-3(2)4;1-2/h3-5,8,14H,6H2,1-2H3;4-8H,3H2,1-2H3;4-9H,3H2,1-2H3;3-4H2,1-2H3;1-2H3;1-2H3/b9-5+;;;;;. The van der Waals surface area contributed by atoms with Crippen LogP contribution in [0.25, 0.3) is 0 Å². The SMILES string of the molecule is C/C(=C\C#N)NC1(C)C=C(F)C=CC1.CC.CC(C)=O.CCC(C)c1ccc(Cl)cc1.CCC(C)c1ccccc1.CCCC. The van der Waals surface area contributed by atoms with Crippen molar-refractivity contribution in [3.8, 4) is 6.07 Å². The second kappa shape index (κ2) is 29.5. The van der Waals surface area contributed by atoms with E-state index in [-0.39, 0.29) is 11.6 Å². The van der Waals surface area contributed by atoms with Crippen LogP contribution in [-0.4, -0.2) is 11.3 Å². The fourth-order valence-corrected chi connectivity index (χ4v) is 3.67. The van der Waals surface area contributed by atoms with Crippen LogP contribution in [0.4, 0.5) is 4.39 Å². The van der Waals surface area contributed by atoms with Gasteiger partial charge in [-0.1, -0.05) is 128 Å². The Hall–Kier alpha value is -3.16. The molecule has 0 fully saturated rings. The molecule has 1 aliphatic rings. The Labute approximate surface area is 281 Å². The second-order valence-corrected chi connectivity index (χ2v) is 11.6. The molecule has 3 rings (SSSR count). The molecule has 0 aromatic heterocycles. The lowest BCUT2D eigenvalue weighted by atomic mass is 9.93. The quantitative estimate of drug-likeness (QED) is 0.306. The zero-order chi connectivity index (χ0) is 35.3. The second-order valence-electron chi connectivity index (χ2n) is 11.1. The molecule has 0 radical (unpaired) electrons. The van der Waals surface area contributed by atoms with Crippen LogP contribution in [0.3, 0.4) is 0 Å². The molecular weight excluding hydrogens is 579 g/mol. The summed E-state index contributed by atoms with van der Waals surface area (Å²) in [4.78, 5) is 9.44. The third-order valence-corrected chi connectivity index (χ3v) is 6.82. The molecule has 45 heavy (non-hydrogen) atoms. The van der Waals surface area contributed by atoms with Gasteiger partial charge in [0.15, 0.2) is 0 Å². The maximum absolute atomic E-state index is 13.0. The van der Waals surface area contributed by atoms with E-state index >= 15 is 0 Å². The zero-order valence-corrected chi connectivity index (χ0v) is 31.1. The molecule has 0 aliphatic heterocycles. The van der Waals surface area contributed by atoms with E-state index in [9.17, 15) is 9.18 Å². The molecule has 0 amide bonds. The van der Waals surface area contributed by atoms with E-state index in [1.807, 2.05) is 39.0 Å². The van der Waals surface area contributed by atoms with Crippen LogP contribution >= 0.6 is 11.6 Å². The van der Waals surface area contributed by atoms with Crippen molar-refractivity contribution in [3.63, 3.8) is 0 Å². The van der Waals surface area contributed by atoms with Crippen LogP contribution in [0.15, 0.2) is 90.4 Å². The Morgan fingerprint density at radius 2 is 1.38 bits per heavy atom. The fraction of sp³-hybridized carbons (Fsp3) is 0.500. The van der Waals surface area contributed by atoms with E-state index < -0.39 is 5.54 Å². The van der Waals surface area contributed by atoms with E-state index in [0.717, 1.165) is 17.1 Å². The van der Waals surface area contributed by atoms with E-state index in [4.69, 9.17) is 16.9 Å². The van der Waals surface area contributed by atoms with Crippen molar-refractivity contribution in [3.05, 3.63) is 107 Å². The topological polar surface area (TPSA) is 52.9 Å². The first-order chi connectivity index (χ1) is 21.3. The van der Waals surface area contributed by atoms with Crippen molar-refractivity contribution in [1.29, 1.82) is 5.26 Å². The first kappa shape index (κ1) is 46.3. The lowest BCUT2D eigenvalue weighted by Crippen LogP contribution is -2.39. The molecule has 0 spiro atoms. The van der Waals surface area contributed by atoms with Gasteiger partial charge >= 0.3 is 0 Å². The van der Waals surface area contributed by atoms with Gasteiger partial charge in [0.1, 0.15) is 11.6 Å². The molecule has 2 aromatic rings. The summed E-state index contributed by atoms with van der Waals surface area (Å²) < 4.78 is 13.0. The number of unbranched alkanes of at least 4 members (excludes halogenated alkanes) is 1. The number of nitrogens with zero attached hydrogens (tertiary/aromatic N) is 1. The van der Waals surface area contributed by atoms with Gasteiger partial charge in [-0.05, 0) is 94.2 Å². The molecule has 5 heteroatoms. The number of nitrogens with one attached hydrogen (secondary N) is 1. The summed E-state index contributed by atoms with van der Waals surface area (Å²) in [6.45, 7) is 24.0. The molecule has 0 heterocycles. The molecule has 1 aliphatic carbocycles. The number of nitriles is 1. The molecule has 0 saturated heterocycles. The highest BCUT2D eigenvalue weighted by Crippen LogP contribution is 2.23. The number of benzene rings is 2. The molecule has 3 atom stereocenters. The predicted molar refractivity (Wildman–Crippen MR) is 197 cm³/mol. The Balaban J connectivity index is -0.000000517. The number of ketones is 1. The van der Waals surface area contributed by atoms with Crippen LogP contribution in [0.2, 0.25) is 5.02 Å². The minimum Gasteiger partial charge on any atom is -0.379 e. The summed E-state index contributed by atoms with van der Waals surface area (Å²) in [5.41, 5.74) is 3.15. The Bertz CT molecular complexity index is 1130. The average Bonchev–Trinajstić information content (AvgIpc) is 3.02. The largest absolute Gasteiger partial charge is 0.379 e. The molecule has 3 nitrogen and oxygen atoms in total. The summed E-state index contributed by atoms with van der Waals surface area (Å²) in [6.07, 6.45) is 11.9. The van der Waals surface area contributed by atoms with Gasteiger partial charge in [0.05, 0.1) is 11.6 Å². The van der Waals surface area contributed by atoms with Gasteiger partial charge in [0.25, 0.3) is 0 Å². The average molecular weight is 641 g/mol. The lowest BCUT2D eigenvalue weighted by molar-refractivity contribution is -0.115. The molecule has 252 valence electrons. The van der Waals surface area contributed by atoms with Crippen LogP contribution in [-0.2, 0) is 4.79 Å². The third kappa shape index (κ3) is 26.9. The number of carbonyl (C=O) groups excluding carboxylic acids is 1. The minimum atomic E-state index is -0.420. The fourth-order valence-electron chi connectivity index (χ4n) is 3.54. The van der Waals surface area contributed by atoms with Crippen molar-refractivity contribution < 1.29 is 9.18 Å². The number of Topliss-reactive ketones (excluding diaryl/α,β-unsaturated/α-hetero) is 1. The number of halogens is 2. The van der Waals surface area contributed by atoms with Crippen LogP contribution in [0.5, 0.6) is 0 Å². The number of carbonyl (C=O) groups is 1. The molecular formula is C40H62ClFN2O. The zero-order valence-electron chi connectivity index (χ0n) is 30.3. The van der Waals surface area contributed by atoms with E-state index in [0.29, 0.717) is 11.8 Å². The first-order valence-corrected chi connectivity index (χ1v) is 16.8. The maximum Gasteiger partial charge on any atom is 0.126 e. The molecule has 2 aromatic carbocycles. The number of rotatable bonds is 7. The first-order valence-electron chi connectivity index (χ1n) is 16.5. The van der Waals surface area contributed by atoms with Crippen LogP contribution in [0, 0.1) is 11.3 Å². The van der Waals surface area contributed by atoms with Crippen molar-refractivity contribution in [1.82, 2.24) is 5.32 Å². The van der Waals surface area contributed by atoms with Crippen molar-refractivity contribution in [2.75, 3.05) is 0 Å². The van der Waals surface area contributed by atoms with Crippen molar-refractivity contribution in [2.45, 2.75) is 133 Å². The minimum absolute atomic E-state index is 0.167. The van der Waals surface area contributed by atoms with Gasteiger partial charge in [-0.3, -0.25) is 0 Å². The van der Waals surface area contributed by atoms with Crippen molar-refractivity contribution >= 4 is 17.4 Å².